The first-order valence-corrected chi connectivity index (χ1v) is 14.3. The molecule has 4 aliphatic rings. The number of carbonyl (C=O) groups is 1. The van der Waals surface area contributed by atoms with Gasteiger partial charge in [0, 0.05) is 35.6 Å². The van der Waals surface area contributed by atoms with Gasteiger partial charge in [-0.15, -0.1) is 11.8 Å². The zero-order chi connectivity index (χ0) is 22.7. The molecule has 4 nitrogen and oxygen atoms in total. The molecule has 1 spiro atoms. The summed E-state index contributed by atoms with van der Waals surface area (Å²) in [6.45, 7) is 3.69. The number of benzene rings is 1. The van der Waals surface area contributed by atoms with Crippen molar-refractivity contribution in [3.05, 3.63) is 29.1 Å². The van der Waals surface area contributed by atoms with Gasteiger partial charge in [0.05, 0.1) is 0 Å². The van der Waals surface area contributed by atoms with Crippen molar-refractivity contribution in [2.75, 3.05) is 25.4 Å². The highest BCUT2D eigenvalue weighted by atomic mass is 32.2. The molecule has 1 atom stereocenters. The summed E-state index contributed by atoms with van der Waals surface area (Å²) >= 11 is 1.73. The number of fused-ring (bicyclic) bond motifs is 1. The largest absolute Gasteiger partial charge is 0.330 e. The van der Waals surface area contributed by atoms with Crippen LogP contribution in [0.5, 0.6) is 0 Å². The van der Waals surface area contributed by atoms with Crippen LogP contribution in [0.1, 0.15) is 93.0 Å². The highest BCUT2D eigenvalue weighted by Crippen LogP contribution is 2.55. The van der Waals surface area contributed by atoms with Crippen molar-refractivity contribution in [1.29, 1.82) is 0 Å². The monoisotopic (exact) mass is 473 g/mol. The van der Waals surface area contributed by atoms with E-state index in [1.807, 2.05) is 4.90 Å². The molecule has 1 amide bonds. The average molecular weight is 474 g/mol. The lowest BCUT2D eigenvalue weighted by Crippen LogP contribution is -2.52. The van der Waals surface area contributed by atoms with Crippen molar-refractivity contribution in [1.82, 2.24) is 15.5 Å². The van der Waals surface area contributed by atoms with Gasteiger partial charge in [0.1, 0.15) is 5.82 Å². The van der Waals surface area contributed by atoms with Crippen molar-refractivity contribution in [3.63, 3.8) is 0 Å². The topological polar surface area (TPSA) is 44.4 Å². The number of hydrogen-bond acceptors (Lipinski definition) is 4. The summed E-state index contributed by atoms with van der Waals surface area (Å²) in [4.78, 5) is 15.9. The van der Waals surface area contributed by atoms with Crippen molar-refractivity contribution in [3.8, 4) is 0 Å². The molecule has 2 N–H and O–H groups in total. The molecule has 6 heteroatoms. The Labute approximate surface area is 202 Å². The maximum Gasteiger partial charge on any atom is 0.254 e. The Hall–Kier alpha value is -1.11. The van der Waals surface area contributed by atoms with E-state index in [4.69, 9.17) is 0 Å². The van der Waals surface area contributed by atoms with Gasteiger partial charge in [0.2, 0.25) is 0 Å². The summed E-state index contributed by atoms with van der Waals surface area (Å²) < 4.78 is 14.3. The van der Waals surface area contributed by atoms with Crippen LogP contribution in [-0.4, -0.2) is 48.3 Å². The van der Waals surface area contributed by atoms with E-state index < -0.39 is 0 Å². The lowest BCUT2D eigenvalue weighted by Gasteiger charge is -2.54. The third kappa shape index (κ3) is 5.43. The van der Waals surface area contributed by atoms with Crippen LogP contribution in [-0.2, 0) is 6.54 Å². The summed E-state index contributed by atoms with van der Waals surface area (Å²) in [6, 6.07) is 4.12. The minimum atomic E-state index is -0.282. The van der Waals surface area contributed by atoms with E-state index in [1.54, 1.807) is 17.8 Å². The Morgan fingerprint density at radius 2 is 1.94 bits per heavy atom. The minimum Gasteiger partial charge on any atom is -0.330 e. The van der Waals surface area contributed by atoms with Gasteiger partial charge in [-0.05, 0) is 93.3 Å². The average Bonchev–Trinajstić information content (AvgIpc) is 3.09. The van der Waals surface area contributed by atoms with Gasteiger partial charge in [0.25, 0.3) is 5.91 Å². The summed E-state index contributed by atoms with van der Waals surface area (Å²) in [5, 5.41) is 7.14. The Balaban J connectivity index is 0.987. The molecule has 0 radical (unpaired) electrons. The van der Waals surface area contributed by atoms with Gasteiger partial charge in [-0.3, -0.25) is 4.79 Å². The third-order valence-corrected chi connectivity index (χ3v) is 9.66. The number of halogens is 1. The van der Waals surface area contributed by atoms with Gasteiger partial charge in [0.15, 0.2) is 0 Å². The number of unbranched alkanes of at least 4 members (excludes halogenated alkanes) is 4. The number of amides is 1. The van der Waals surface area contributed by atoms with E-state index >= 15 is 0 Å². The first-order chi connectivity index (χ1) is 16.1. The van der Waals surface area contributed by atoms with Crippen LogP contribution in [0.3, 0.4) is 0 Å². The van der Waals surface area contributed by atoms with Gasteiger partial charge in [-0.1, -0.05) is 25.7 Å². The van der Waals surface area contributed by atoms with E-state index in [0.29, 0.717) is 12.1 Å². The van der Waals surface area contributed by atoms with Crippen LogP contribution in [0, 0.1) is 11.2 Å². The highest BCUT2D eigenvalue weighted by Gasteiger charge is 2.47. The van der Waals surface area contributed by atoms with E-state index in [9.17, 15) is 9.18 Å². The predicted molar refractivity (Wildman–Crippen MR) is 133 cm³/mol. The maximum absolute atomic E-state index is 14.3. The van der Waals surface area contributed by atoms with Crippen LogP contribution in [0.2, 0.25) is 0 Å². The number of nitrogens with zero attached hydrogens (tertiary/aromatic N) is 1. The van der Waals surface area contributed by atoms with Gasteiger partial charge in [-0.2, -0.15) is 0 Å². The second-order valence-corrected chi connectivity index (χ2v) is 12.0. The molecule has 1 aromatic carbocycles. The molecule has 3 fully saturated rings. The zero-order valence-corrected chi connectivity index (χ0v) is 20.8. The standard InChI is InChI=1S/C27H40FN3OS/c28-20-14-23-24(19-31(26(23)32)22-8-6-11-29-18-22)25(15-20)33-13-5-3-1-2-4-12-30-21-16-27(17-21)9-7-10-27/h14-15,21-22,29-30H,1-13,16-19H2. The fourth-order valence-corrected chi connectivity index (χ4v) is 7.46. The first-order valence-electron chi connectivity index (χ1n) is 13.3. The van der Waals surface area contributed by atoms with Crippen molar-refractivity contribution >= 4 is 17.7 Å². The Bertz CT molecular complexity index is 829. The van der Waals surface area contributed by atoms with Crippen molar-refractivity contribution in [2.24, 2.45) is 5.41 Å². The lowest BCUT2D eigenvalue weighted by atomic mass is 9.54. The molecule has 2 aliphatic heterocycles. The fraction of sp³-hybridized carbons (Fsp3) is 0.741. The Kier molecular flexibility index (Phi) is 7.63. The summed E-state index contributed by atoms with van der Waals surface area (Å²) in [5.41, 5.74) is 2.41. The van der Waals surface area contributed by atoms with Crippen LogP contribution in [0.25, 0.3) is 0 Å². The number of thioether (sulfide) groups is 1. The smallest absolute Gasteiger partial charge is 0.254 e. The molecule has 2 heterocycles. The molecule has 1 saturated heterocycles. The van der Waals surface area contributed by atoms with Gasteiger partial charge in [-0.25, -0.2) is 4.39 Å². The van der Waals surface area contributed by atoms with Gasteiger partial charge >= 0.3 is 0 Å². The molecule has 1 aromatic rings. The quantitative estimate of drug-likeness (QED) is 0.329. The predicted octanol–water partition coefficient (Wildman–Crippen LogP) is 5.50. The fourth-order valence-electron chi connectivity index (χ4n) is 6.35. The number of rotatable bonds is 11. The van der Waals surface area contributed by atoms with Crippen LogP contribution in [0.15, 0.2) is 17.0 Å². The first kappa shape index (κ1) is 23.6. The van der Waals surface area contributed by atoms with E-state index in [-0.39, 0.29) is 17.8 Å². The van der Waals surface area contributed by atoms with E-state index in [2.05, 4.69) is 10.6 Å². The Morgan fingerprint density at radius 1 is 1.12 bits per heavy atom. The summed E-state index contributed by atoms with van der Waals surface area (Å²) in [5.74, 6) is 0.728. The highest BCUT2D eigenvalue weighted by molar-refractivity contribution is 7.99. The summed E-state index contributed by atoms with van der Waals surface area (Å²) in [7, 11) is 0. The zero-order valence-electron chi connectivity index (χ0n) is 20.0. The molecular formula is C27H40FN3OS. The van der Waals surface area contributed by atoms with Crippen molar-refractivity contribution in [2.45, 2.75) is 101 Å². The van der Waals surface area contributed by atoms with Crippen LogP contribution in [0.4, 0.5) is 4.39 Å². The number of piperidine rings is 1. The molecule has 0 aromatic heterocycles. The second-order valence-electron chi connectivity index (χ2n) is 10.9. The van der Waals surface area contributed by atoms with Crippen LogP contribution >= 0.6 is 11.8 Å². The molecular weight excluding hydrogens is 433 g/mol. The van der Waals surface area contributed by atoms with Crippen molar-refractivity contribution < 1.29 is 9.18 Å². The third-order valence-electron chi connectivity index (χ3n) is 8.49. The van der Waals surface area contributed by atoms with E-state index in [1.165, 1.54) is 70.4 Å². The molecule has 2 aliphatic carbocycles. The number of hydrogen-bond donors (Lipinski definition) is 2. The number of carbonyl (C=O) groups excluding carboxylic acids is 1. The maximum atomic E-state index is 14.3. The SMILES string of the molecule is O=C1c2cc(F)cc(SCCCCCCCNC3CC4(CCC4)C3)c2CN1C1CCCNC1. The minimum absolute atomic E-state index is 0.0124. The molecule has 5 rings (SSSR count). The number of nitrogens with one attached hydrogen (secondary N) is 2. The van der Waals surface area contributed by atoms with Gasteiger partial charge < -0.3 is 15.5 Å². The molecule has 182 valence electrons. The lowest BCUT2D eigenvalue weighted by molar-refractivity contribution is -0.00195. The van der Waals surface area contributed by atoms with Crippen LogP contribution < -0.4 is 10.6 Å². The molecule has 33 heavy (non-hydrogen) atoms. The second kappa shape index (κ2) is 10.7. The molecule has 2 saturated carbocycles. The normalized spacial score (nSPS) is 24.1. The molecule has 1 unspecified atom stereocenters. The molecule has 0 bridgehead atoms. The summed E-state index contributed by atoms with van der Waals surface area (Å²) in [6.07, 6.45) is 15.6. The Morgan fingerprint density at radius 3 is 2.70 bits per heavy atom. The van der Waals surface area contributed by atoms with E-state index in [0.717, 1.165) is 60.0 Å².